The van der Waals surface area contributed by atoms with Gasteiger partial charge in [-0.25, -0.2) is 4.39 Å². The number of rotatable bonds is 3. The Balaban J connectivity index is 1.44. The van der Waals surface area contributed by atoms with Gasteiger partial charge in [0.1, 0.15) is 10.8 Å². The molecule has 3 aromatic rings. The normalized spacial score (nSPS) is 15.4. The van der Waals surface area contributed by atoms with Gasteiger partial charge in [0.25, 0.3) is 5.56 Å². The second kappa shape index (κ2) is 7.29. The number of aryl methyl sites for hydroxylation is 1. The zero-order valence-corrected chi connectivity index (χ0v) is 15.8. The van der Waals surface area contributed by atoms with Gasteiger partial charge in [-0.1, -0.05) is 17.7 Å². The molecule has 5 nitrogen and oxygen atoms in total. The van der Waals surface area contributed by atoms with Gasteiger partial charge in [0.2, 0.25) is 0 Å². The Morgan fingerprint density at radius 2 is 1.96 bits per heavy atom. The summed E-state index contributed by atoms with van der Waals surface area (Å²) >= 11 is 5.84. The lowest BCUT2D eigenvalue weighted by Gasteiger charge is -2.36. The van der Waals surface area contributed by atoms with E-state index in [4.69, 9.17) is 11.6 Å². The molecule has 1 aromatic carbocycles. The Kier molecular flexibility index (Phi) is 4.85. The van der Waals surface area contributed by atoms with Crippen molar-refractivity contribution in [2.75, 3.05) is 31.1 Å². The molecular formula is C20H20ClFN4O. The summed E-state index contributed by atoms with van der Waals surface area (Å²) in [5, 5.41) is 0.141. The maximum atomic E-state index is 14.2. The Bertz CT molecular complexity index is 1040. The third kappa shape index (κ3) is 3.82. The number of aromatic nitrogens is 2. The number of fused-ring (bicyclic) bond motifs is 1. The monoisotopic (exact) mass is 386 g/mol. The number of aromatic amines is 1. The van der Waals surface area contributed by atoms with Crippen molar-refractivity contribution in [3.05, 3.63) is 68.8 Å². The van der Waals surface area contributed by atoms with Crippen molar-refractivity contribution >= 4 is 28.3 Å². The fourth-order valence-electron chi connectivity index (χ4n) is 3.46. The highest BCUT2D eigenvalue weighted by Gasteiger charge is 2.19. The number of nitrogens with one attached hydrogen (secondary N) is 1. The van der Waals surface area contributed by atoms with Crippen molar-refractivity contribution in [2.45, 2.75) is 13.5 Å². The van der Waals surface area contributed by atoms with Gasteiger partial charge in [-0.2, -0.15) is 0 Å². The van der Waals surface area contributed by atoms with Gasteiger partial charge < -0.3 is 9.88 Å². The molecule has 27 heavy (non-hydrogen) atoms. The number of pyridine rings is 2. The van der Waals surface area contributed by atoms with E-state index in [9.17, 15) is 9.18 Å². The van der Waals surface area contributed by atoms with Crippen LogP contribution in [0.4, 0.5) is 10.1 Å². The molecule has 140 valence electrons. The molecule has 7 heteroatoms. The molecule has 1 saturated heterocycles. The number of nitrogens with zero attached hydrogens (tertiary/aromatic N) is 3. The van der Waals surface area contributed by atoms with Crippen LogP contribution in [0.15, 0.2) is 41.3 Å². The van der Waals surface area contributed by atoms with E-state index >= 15 is 0 Å². The fraction of sp³-hybridized carbons (Fsp3) is 0.300. The average Bonchev–Trinajstić information content (AvgIpc) is 2.64. The fourth-order valence-corrected chi connectivity index (χ4v) is 3.61. The Morgan fingerprint density at radius 1 is 1.19 bits per heavy atom. The second-order valence-electron chi connectivity index (χ2n) is 6.94. The zero-order valence-electron chi connectivity index (χ0n) is 15.0. The van der Waals surface area contributed by atoms with Crippen LogP contribution in [0.25, 0.3) is 11.0 Å². The van der Waals surface area contributed by atoms with Crippen LogP contribution in [0.3, 0.4) is 0 Å². The lowest BCUT2D eigenvalue weighted by molar-refractivity contribution is 0.249. The molecule has 0 unspecified atom stereocenters. The van der Waals surface area contributed by atoms with E-state index in [0.717, 1.165) is 43.9 Å². The van der Waals surface area contributed by atoms with Crippen molar-refractivity contribution in [2.24, 2.45) is 0 Å². The molecule has 0 atom stereocenters. The van der Waals surface area contributed by atoms with Crippen LogP contribution >= 0.6 is 11.6 Å². The molecule has 0 radical (unpaired) electrons. The van der Waals surface area contributed by atoms with Gasteiger partial charge in [-0.05, 0) is 42.3 Å². The smallest absolute Gasteiger partial charge is 0.267 e. The summed E-state index contributed by atoms with van der Waals surface area (Å²) in [7, 11) is 0. The van der Waals surface area contributed by atoms with E-state index in [0.29, 0.717) is 16.7 Å². The molecule has 0 amide bonds. The van der Waals surface area contributed by atoms with Crippen molar-refractivity contribution in [1.82, 2.24) is 14.9 Å². The zero-order chi connectivity index (χ0) is 19.0. The first-order valence-electron chi connectivity index (χ1n) is 8.90. The minimum Gasteiger partial charge on any atom is -0.367 e. The van der Waals surface area contributed by atoms with Gasteiger partial charge in [0.05, 0.1) is 16.7 Å². The van der Waals surface area contributed by atoms with Crippen LogP contribution in [0.5, 0.6) is 0 Å². The van der Waals surface area contributed by atoms with E-state index in [1.165, 1.54) is 0 Å². The predicted molar refractivity (Wildman–Crippen MR) is 106 cm³/mol. The molecule has 0 aliphatic carbocycles. The number of piperazine rings is 1. The van der Waals surface area contributed by atoms with Gasteiger partial charge in [0, 0.05) is 38.9 Å². The molecule has 1 N–H and O–H groups in total. The first-order chi connectivity index (χ1) is 13.0. The van der Waals surface area contributed by atoms with Crippen molar-refractivity contribution in [1.29, 1.82) is 0 Å². The second-order valence-corrected chi connectivity index (χ2v) is 7.35. The number of hydrogen-bond acceptors (Lipinski definition) is 4. The molecule has 1 aliphatic rings. The van der Waals surface area contributed by atoms with E-state index in [2.05, 4.69) is 19.8 Å². The molecular weight excluding hydrogens is 367 g/mol. The van der Waals surface area contributed by atoms with E-state index in [1.54, 1.807) is 12.1 Å². The summed E-state index contributed by atoms with van der Waals surface area (Å²) in [6.45, 7) is 5.84. The number of benzene rings is 1. The standard InChI is InChI=1S/C20H20ClFN4O/c1-13-2-3-19(16(22)8-13)26-6-4-25(5-7-26)12-14-9-18-17(23-11-14)10-15(21)20(27)24-18/h2-3,8-11H,4-7,12H2,1H3,(H,24,27). The quantitative estimate of drug-likeness (QED) is 0.750. The highest BCUT2D eigenvalue weighted by Crippen LogP contribution is 2.22. The van der Waals surface area contributed by atoms with Gasteiger partial charge in [-0.3, -0.25) is 14.7 Å². The third-order valence-corrected chi connectivity index (χ3v) is 5.21. The summed E-state index contributed by atoms with van der Waals surface area (Å²) in [5.41, 5.74) is 3.66. The Labute approximate surface area is 161 Å². The third-order valence-electron chi connectivity index (χ3n) is 4.93. The lowest BCUT2D eigenvalue weighted by Crippen LogP contribution is -2.46. The number of H-pyrrole nitrogens is 1. The highest BCUT2D eigenvalue weighted by atomic mass is 35.5. The maximum Gasteiger partial charge on any atom is 0.267 e. The average molecular weight is 387 g/mol. The van der Waals surface area contributed by atoms with Crippen LogP contribution in [0.1, 0.15) is 11.1 Å². The van der Waals surface area contributed by atoms with E-state index in [1.807, 2.05) is 31.3 Å². The predicted octanol–water partition coefficient (Wildman–Crippen LogP) is 3.35. The summed E-state index contributed by atoms with van der Waals surface area (Å²) < 4.78 is 14.2. The summed E-state index contributed by atoms with van der Waals surface area (Å²) in [5.74, 6) is -0.162. The van der Waals surface area contributed by atoms with Gasteiger partial charge in [-0.15, -0.1) is 0 Å². The van der Waals surface area contributed by atoms with Crippen LogP contribution < -0.4 is 10.5 Å². The van der Waals surface area contributed by atoms with Crippen LogP contribution in [-0.2, 0) is 6.54 Å². The summed E-state index contributed by atoms with van der Waals surface area (Å²) in [6, 6.07) is 8.89. The summed E-state index contributed by atoms with van der Waals surface area (Å²) in [6.07, 6.45) is 1.81. The molecule has 0 saturated carbocycles. The summed E-state index contributed by atoms with van der Waals surface area (Å²) in [4.78, 5) is 23.2. The van der Waals surface area contributed by atoms with Crippen LogP contribution in [-0.4, -0.2) is 41.0 Å². The van der Waals surface area contributed by atoms with Crippen molar-refractivity contribution < 1.29 is 4.39 Å². The van der Waals surface area contributed by atoms with Crippen molar-refractivity contribution in [3.63, 3.8) is 0 Å². The van der Waals surface area contributed by atoms with E-state index < -0.39 is 0 Å². The Hall–Kier alpha value is -2.44. The molecule has 0 spiro atoms. The maximum absolute atomic E-state index is 14.2. The topological polar surface area (TPSA) is 52.2 Å². The number of anilines is 1. The van der Waals surface area contributed by atoms with Crippen LogP contribution in [0, 0.1) is 12.7 Å². The number of halogens is 2. The highest BCUT2D eigenvalue weighted by molar-refractivity contribution is 6.30. The van der Waals surface area contributed by atoms with Gasteiger partial charge in [0.15, 0.2) is 0 Å². The number of hydrogen-bond donors (Lipinski definition) is 1. The molecule has 4 rings (SSSR count). The largest absolute Gasteiger partial charge is 0.367 e. The molecule has 0 bridgehead atoms. The minimum atomic E-state index is -0.308. The lowest BCUT2D eigenvalue weighted by atomic mass is 10.1. The van der Waals surface area contributed by atoms with Crippen molar-refractivity contribution in [3.8, 4) is 0 Å². The SMILES string of the molecule is Cc1ccc(N2CCN(Cc3cnc4cc(Cl)c(=O)[nH]c4c3)CC2)c(F)c1. The Morgan fingerprint density at radius 3 is 2.70 bits per heavy atom. The molecule has 3 heterocycles. The first kappa shape index (κ1) is 17.9. The van der Waals surface area contributed by atoms with Gasteiger partial charge >= 0.3 is 0 Å². The van der Waals surface area contributed by atoms with Crippen LogP contribution in [0.2, 0.25) is 5.02 Å². The minimum absolute atomic E-state index is 0.141. The van der Waals surface area contributed by atoms with E-state index in [-0.39, 0.29) is 16.4 Å². The molecule has 1 fully saturated rings. The molecule has 1 aliphatic heterocycles. The molecule has 2 aromatic heterocycles. The first-order valence-corrected chi connectivity index (χ1v) is 9.28.